The number of nitro benzene ring substituents is 1. The third kappa shape index (κ3) is 3.22. The Labute approximate surface area is 140 Å². The van der Waals surface area contributed by atoms with Crippen molar-refractivity contribution in [2.45, 2.75) is 25.8 Å². The molecular weight excluding hydrogens is 306 g/mol. The highest BCUT2D eigenvalue weighted by Gasteiger charge is 2.19. The average molecular weight is 325 g/mol. The van der Waals surface area contributed by atoms with Crippen molar-refractivity contribution in [3.63, 3.8) is 0 Å². The van der Waals surface area contributed by atoms with Gasteiger partial charge < -0.3 is 10.6 Å². The third-order valence-electron chi connectivity index (χ3n) is 4.27. The maximum atomic E-state index is 12.6. The van der Waals surface area contributed by atoms with Crippen LogP contribution in [0, 0.1) is 10.1 Å². The summed E-state index contributed by atoms with van der Waals surface area (Å²) >= 11 is 0. The Morgan fingerprint density at radius 1 is 1.29 bits per heavy atom. The van der Waals surface area contributed by atoms with Gasteiger partial charge in [0.2, 0.25) is 0 Å². The molecule has 0 saturated heterocycles. The zero-order chi connectivity index (χ0) is 17.1. The van der Waals surface area contributed by atoms with Gasteiger partial charge in [0.1, 0.15) is 0 Å². The topological polar surface area (TPSA) is 84.3 Å². The highest BCUT2D eigenvalue weighted by Crippen LogP contribution is 2.26. The van der Waals surface area contributed by atoms with Crippen molar-refractivity contribution in [2.75, 3.05) is 11.9 Å². The van der Waals surface area contributed by atoms with E-state index < -0.39 is 4.92 Å². The summed E-state index contributed by atoms with van der Waals surface area (Å²) in [7, 11) is 0. The minimum atomic E-state index is -0.433. The second-order valence-corrected chi connectivity index (χ2v) is 5.91. The lowest BCUT2D eigenvalue weighted by Crippen LogP contribution is -2.28. The van der Waals surface area contributed by atoms with Crippen LogP contribution in [0.25, 0.3) is 0 Å². The number of amides is 1. The van der Waals surface area contributed by atoms with Gasteiger partial charge in [-0.05, 0) is 43.0 Å². The van der Waals surface area contributed by atoms with E-state index in [2.05, 4.69) is 10.6 Å². The predicted octanol–water partition coefficient (Wildman–Crippen LogP) is 3.44. The van der Waals surface area contributed by atoms with Crippen LogP contribution in [0.4, 0.5) is 11.4 Å². The number of nitrogens with zero attached hydrogens (tertiary/aromatic N) is 1. The molecular formula is C18H19N3O3. The van der Waals surface area contributed by atoms with Gasteiger partial charge in [-0.25, -0.2) is 0 Å². The molecule has 24 heavy (non-hydrogen) atoms. The first-order chi connectivity index (χ1) is 11.6. The number of carbonyl (C=O) groups excluding carboxylic acids is 1. The van der Waals surface area contributed by atoms with Crippen LogP contribution in [0.15, 0.2) is 42.5 Å². The van der Waals surface area contributed by atoms with E-state index in [1.165, 1.54) is 12.1 Å². The lowest BCUT2D eigenvalue weighted by Gasteiger charge is -2.22. The molecule has 1 heterocycles. The first-order valence-corrected chi connectivity index (χ1v) is 7.97. The van der Waals surface area contributed by atoms with Crippen molar-refractivity contribution in [3.05, 3.63) is 69.3 Å². The van der Waals surface area contributed by atoms with E-state index >= 15 is 0 Å². The van der Waals surface area contributed by atoms with E-state index in [-0.39, 0.29) is 17.6 Å². The summed E-state index contributed by atoms with van der Waals surface area (Å²) in [6, 6.07) is 11.7. The fourth-order valence-electron chi connectivity index (χ4n) is 2.99. The Kier molecular flexibility index (Phi) is 4.46. The fourth-order valence-corrected chi connectivity index (χ4v) is 2.99. The van der Waals surface area contributed by atoms with E-state index in [0.29, 0.717) is 11.1 Å². The van der Waals surface area contributed by atoms with Crippen molar-refractivity contribution >= 4 is 17.3 Å². The molecule has 1 atom stereocenters. The maximum absolute atomic E-state index is 12.6. The van der Waals surface area contributed by atoms with Crippen LogP contribution in [-0.4, -0.2) is 17.4 Å². The van der Waals surface area contributed by atoms with Gasteiger partial charge in [0, 0.05) is 29.9 Å². The summed E-state index contributed by atoms with van der Waals surface area (Å²) < 4.78 is 0. The Bertz CT molecular complexity index is 789. The molecule has 0 aromatic heterocycles. The summed E-state index contributed by atoms with van der Waals surface area (Å²) in [6.45, 7) is 2.74. The van der Waals surface area contributed by atoms with Crippen LogP contribution in [0.3, 0.4) is 0 Å². The summed E-state index contributed by atoms with van der Waals surface area (Å²) in [5.74, 6) is -0.158. The first-order valence-electron chi connectivity index (χ1n) is 7.97. The SMILES string of the molecule is CC(NC(=O)c1cccc2c1CCCN2)c1cccc([N+](=O)[O-])c1. The molecule has 1 aliphatic rings. The third-order valence-corrected chi connectivity index (χ3v) is 4.27. The quantitative estimate of drug-likeness (QED) is 0.666. The number of non-ortho nitro benzene ring substituents is 1. The van der Waals surface area contributed by atoms with Crippen LogP contribution in [0.2, 0.25) is 0 Å². The summed E-state index contributed by atoms with van der Waals surface area (Å²) in [4.78, 5) is 23.1. The molecule has 2 aromatic rings. The van der Waals surface area contributed by atoms with E-state index in [1.807, 2.05) is 25.1 Å². The number of carbonyl (C=O) groups is 1. The molecule has 0 radical (unpaired) electrons. The van der Waals surface area contributed by atoms with E-state index in [4.69, 9.17) is 0 Å². The monoisotopic (exact) mass is 325 g/mol. The largest absolute Gasteiger partial charge is 0.385 e. The van der Waals surface area contributed by atoms with Crippen molar-refractivity contribution in [1.29, 1.82) is 0 Å². The number of anilines is 1. The van der Waals surface area contributed by atoms with Crippen LogP contribution in [0.5, 0.6) is 0 Å². The van der Waals surface area contributed by atoms with Crippen LogP contribution in [0.1, 0.15) is 40.9 Å². The molecule has 124 valence electrons. The molecule has 6 nitrogen and oxygen atoms in total. The molecule has 0 saturated carbocycles. The minimum Gasteiger partial charge on any atom is -0.385 e. The van der Waals surface area contributed by atoms with Gasteiger partial charge in [-0.3, -0.25) is 14.9 Å². The first kappa shape index (κ1) is 16.0. The minimum absolute atomic E-state index is 0.0230. The smallest absolute Gasteiger partial charge is 0.269 e. The van der Waals surface area contributed by atoms with Crippen LogP contribution < -0.4 is 10.6 Å². The number of nitro groups is 1. The van der Waals surface area contributed by atoms with Gasteiger partial charge >= 0.3 is 0 Å². The van der Waals surface area contributed by atoms with E-state index in [0.717, 1.165) is 30.6 Å². The number of hydrogen-bond donors (Lipinski definition) is 2. The maximum Gasteiger partial charge on any atom is 0.269 e. The highest BCUT2D eigenvalue weighted by atomic mass is 16.6. The molecule has 1 unspecified atom stereocenters. The lowest BCUT2D eigenvalue weighted by atomic mass is 9.96. The lowest BCUT2D eigenvalue weighted by molar-refractivity contribution is -0.384. The molecule has 2 aromatic carbocycles. The van der Waals surface area contributed by atoms with Gasteiger partial charge in [-0.1, -0.05) is 18.2 Å². The van der Waals surface area contributed by atoms with Crippen molar-refractivity contribution in [3.8, 4) is 0 Å². The van der Waals surface area contributed by atoms with Gasteiger partial charge in [-0.2, -0.15) is 0 Å². The standard InChI is InChI=1S/C18H19N3O3/c1-12(13-5-2-6-14(11-13)21(23)24)20-18(22)16-7-3-9-17-15(16)8-4-10-19-17/h2-3,5-7,9,11-12,19H,4,8,10H2,1H3,(H,20,22). The number of nitrogens with one attached hydrogen (secondary N) is 2. The molecule has 0 spiro atoms. The molecule has 3 rings (SSSR count). The Balaban J connectivity index is 1.80. The number of hydrogen-bond acceptors (Lipinski definition) is 4. The van der Waals surface area contributed by atoms with Crippen molar-refractivity contribution in [2.24, 2.45) is 0 Å². The van der Waals surface area contributed by atoms with Gasteiger partial charge in [0.25, 0.3) is 11.6 Å². The van der Waals surface area contributed by atoms with Crippen molar-refractivity contribution < 1.29 is 9.72 Å². The van der Waals surface area contributed by atoms with Crippen LogP contribution >= 0.6 is 0 Å². The Morgan fingerprint density at radius 2 is 2.08 bits per heavy atom. The van der Waals surface area contributed by atoms with E-state index in [1.54, 1.807) is 12.1 Å². The molecule has 6 heteroatoms. The zero-order valence-corrected chi connectivity index (χ0v) is 13.4. The fraction of sp³-hybridized carbons (Fsp3) is 0.278. The number of fused-ring (bicyclic) bond motifs is 1. The molecule has 0 fully saturated rings. The summed E-state index contributed by atoms with van der Waals surface area (Å²) in [5.41, 5.74) is 3.44. The van der Waals surface area contributed by atoms with Gasteiger partial charge in [0.05, 0.1) is 11.0 Å². The number of rotatable bonds is 4. The second kappa shape index (κ2) is 6.70. The van der Waals surface area contributed by atoms with Gasteiger partial charge in [0.15, 0.2) is 0 Å². The van der Waals surface area contributed by atoms with Gasteiger partial charge in [-0.15, -0.1) is 0 Å². The highest BCUT2D eigenvalue weighted by molar-refractivity contribution is 5.97. The van der Waals surface area contributed by atoms with Crippen molar-refractivity contribution in [1.82, 2.24) is 5.32 Å². The molecule has 0 aliphatic carbocycles. The summed E-state index contributed by atoms with van der Waals surface area (Å²) in [5, 5.41) is 17.1. The second-order valence-electron chi connectivity index (χ2n) is 5.91. The summed E-state index contributed by atoms with van der Waals surface area (Å²) in [6.07, 6.45) is 1.87. The molecule has 0 bridgehead atoms. The predicted molar refractivity (Wildman–Crippen MR) is 92.2 cm³/mol. The molecule has 2 N–H and O–H groups in total. The van der Waals surface area contributed by atoms with E-state index in [9.17, 15) is 14.9 Å². The molecule has 1 aliphatic heterocycles. The zero-order valence-electron chi connectivity index (χ0n) is 13.4. The number of benzene rings is 2. The normalized spacial score (nSPS) is 14.2. The Hall–Kier alpha value is -2.89. The Morgan fingerprint density at radius 3 is 2.88 bits per heavy atom. The average Bonchev–Trinajstić information content (AvgIpc) is 2.61. The molecule has 1 amide bonds. The van der Waals surface area contributed by atoms with Crippen LogP contribution in [-0.2, 0) is 6.42 Å².